The van der Waals surface area contributed by atoms with Crippen LogP contribution in [0.5, 0.6) is 0 Å². The van der Waals surface area contributed by atoms with E-state index >= 15 is 0 Å². The lowest BCUT2D eigenvalue weighted by Crippen LogP contribution is -2.48. The molecule has 0 aliphatic carbocycles. The maximum absolute atomic E-state index is 12.2. The van der Waals surface area contributed by atoms with Crippen LogP contribution in [0.1, 0.15) is 12.8 Å². The first-order chi connectivity index (χ1) is 17.7. The number of nitrogens with one attached hydrogen (secondary N) is 2. The number of fused-ring (bicyclic) bond motifs is 1. The Morgan fingerprint density at radius 3 is 2.68 bits per heavy atom. The van der Waals surface area contributed by atoms with Gasteiger partial charge in [-0.2, -0.15) is 18.8 Å². The van der Waals surface area contributed by atoms with Crippen molar-refractivity contribution in [3.63, 3.8) is 0 Å². The maximum atomic E-state index is 12.2. The Morgan fingerprint density at radius 1 is 1.16 bits per heavy atom. The van der Waals surface area contributed by atoms with Gasteiger partial charge in [0.1, 0.15) is 5.52 Å². The van der Waals surface area contributed by atoms with Crippen LogP contribution in [0.3, 0.4) is 0 Å². The average Bonchev–Trinajstić information content (AvgIpc) is 2.95. The molecular weight excluding hydrogens is 488 g/mol. The van der Waals surface area contributed by atoms with Gasteiger partial charge in [0.2, 0.25) is 5.91 Å². The molecule has 11 heteroatoms. The summed E-state index contributed by atoms with van der Waals surface area (Å²) in [6.45, 7) is 5.92. The van der Waals surface area contributed by atoms with Gasteiger partial charge in [0.05, 0.1) is 30.0 Å². The zero-order chi connectivity index (χ0) is 24.7. The Morgan fingerprint density at radius 2 is 1.95 bits per heavy atom. The highest BCUT2D eigenvalue weighted by atomic mass is 32.1. The number of ether oxygens (including phenoxy) is 1. The number of hydrogen-bond acceptors (Lipinski definition) is 9. The third-order valence-corrected chi connectivity index (χ3v) is 6.57. The molecule has 4 heterocycles. The average molecular weight is 521 g/mol. The minimum Gasteiger partial charge on any atom is -0.374 e. The Bertz CT molecular complexity index is 1240. The van der Waals surface area contributed by atoms with Gasteiger partial charge in [-0.05, 0) is 18.2 Å². The number of piperazine rings is 1. The number of carbonyl (C=O) groups is 1. The van der Waals surface area contributed by atoms with Crippen LogP contribution in [0.2, 0.25) is 0 Å². The van der Waals surface area contributed by atoms with Gasteiger partial charge in [0.15, 0.2) is 5.82 Å². The van der Waals surface area contributed by atoms with Crippen molar-refractivity contribution >= 4 is 41.9 Å². The first-order valence-electron chi connectivity index (χ1n) is 12.4. The van der Waals surface area contributed by atoms with Crippen molar-refractivity contribution in [3.05, 3.63) is 42.7 Å². The summed E-state index contributed by atoms with van der Waals surface area (Å²) in [7, 11) is 0. The Kier molecular flexibility index (Phi) is 9.11. The SMILES string of the molecule is N#CCCC(=O)N1CCN(c2ccc(-c3cc4nccnc4c(NC[C@@H]4CNCCO4)n3)cc2)CC1.S. The number of rotatable bonds is 7. The molecule has 2 saturated heterocycles. The predicted molar refractivity (Wildman–Crippen MR) is 148 cm³/mol. The van der Waals surface area contributed by atoms with Crippen LogP contribution in [-0.4, -0.2) is 84.3 Å². The fourth-order valence-electron chi connectivity index (χ4n) is 4.58. The largest absolute Gasteiger partial charge is 0.374 e. The van der Waals surface area contributed by atoms with E-state index in [0.717, 1.165) is 54.2 Å². The van der Waals surface area contributed by atoms with Gasteiger partial charge in [-0.25, -0.2) is 9.97 Å². The molecule has 2 fully saturated rings. The number of nitrogens with zero attached hydrogens (tertiary/aromatic N) is 6. The van der Waals surface area contributed by atoms with Gasteiger partial charge in [0.25, 0.3) is 0 Å². The number of hydrogen-bond donors (Lipinski definition) is 2. The first-order valence-corrected chi connectivity index (χ1v) is 12.4. The van der Waals surface area contributed by atoms with Crippen molar-refractivity contribution in [1.29, 1.82) is 5.26 Å². The van der Waals surface area contributed by atoms with Crippen molar-refractivity contribution < 1.29 is 9.53 Å². The summed E-state index contributed by atoms with van der Waals surface area (Å²) >= 11 is 0. The van der Waals surface area contributed by atoms with Crippen LogP contribution in [0.25, 0.3) is 22.3 Å². The third kappa shape index (κ3) is 6.46. The quantitative estimate of drug-likeness (QED) is 0.483. The molecule has 0 spiro atoms. The number of pyridine rings is 1. The Hall–Kier alpha value is -3.46. The van der Waals surface area contributed by atoms with Crippen molar-refractivity contribution in [2.75, 3.05) is 62.6 Å². The van der Waals surface area contributed by atoms with Crippen molar-refractivity contribution in [2.24, 2.45) is 0 Å². The second kappa shape index (κ2) is 12.7. The van der Waals surface area contributed by atoms with E-state index in [4.69, 9.17) is 15.0 Å². The van der Waals surface area contributed by atoms with Crippen LogP contribution >= 0.6 is 13.5 Å². The lowest BCUT2D eigenvalue weighted by atomic mass is 10.1. The van der Waals surface area contributed by atoms with Crippen LogP contribution < -0.4 is 15.5 Å². The highest BCUT2D eigenvalue weighted by Gasteiger charge is 2.21. The molecule has 1 aromatic carbocycles. The van der Waals surface area contributed by atoms with Gasteiger partial charge >= 0.3 is 0 Å². The fourth-order valence-corrected chi connectivity index (χ4v) is 4.58. The number of benzene rings is 1. The van der Waals surface area contributed by atoms with Crippen molar-refractivity contribution in [1.82, 2.24) is 25.2 Å². The fraction of sp³-hybridized carbons (Fsp3) is 0.423. The molecule has 1 atom stereocenters. The van der Waals surface area contributed by atoms with E-state index in [9.17, 15) is 4.79 Å². The topological polar surface area (TPSA) is 119 Å². The molecule has 0 saturated carbocycles. The normalized spacial score (nSPS) is 17.6. The highest BCUT2D eigenvalue weighted by molar-refractivity contribution is 7.59. The molecule has 194 valence electrons. The summed E-state index contributed by atoms with van der Waals surface area (Å²) in [5.41, 5.74) is 4.46. The third-order valence-electron chi connectivity index (χ3n) is 6.57. The summed E-state index contributed by atoms with van der Waals surface area (Å²) in [4.78, 5) is 30.2. The Balaban J connectivity index is 0.00000320. The van der Waals surface area contributed by atoms with Gasteiger partial charge in [0, 0.05) is 82.3 Å². The zero-order valence-electron chi connectivity index (χ0n) is 20.7. The molecular formula is C26H32N8O2S. The number of carbonyl (C=O) groups excluding carboxylic acids is 1. The molecule has 3 aromatic rings. The summed E-state index contributed by atoms with van der Waals surface area (Å²) < 4.78 is 5.81. The Labute approximate surface area is 223 Å². The number of aromatic nitrogens is 3. The molecule has 2 aromatic heterocycles. The summed E-state index contributed by atoms with van der Waals surface area (Å²) in [5.74, 6) is 0.763. The van der Waals surface area contributed by atoms with Crippen LogP contribution in [0, 0.1) is 11.3 Å². The molecule has 5 rings (SSSR count). The lowest BCUT2D eigenvalue weighted by molar-refractivity contribution is -0.131. The number of amides is 1. The molecule has 0 unspecified atom stereocenters. The monoisotopic (exact) mass is 520 g/mol. The predicted octanol–water partition coefficient (Wildman–Crippen LogP) is 2.16. The molecule has 2 aliphatic rings. The second-order valence-electron chi connectivity index (χ2n) is 8.93. The van der Waals surface area contributed by atoms with Crippen LogP contribution in [-0.2, 0) is 9.53 Å². The number of morpholine rings is 1. The molecule has 2 aliphatic heterocycles. The summed E-state index contributed by atoms with van der Waals surface area (Å²) in [6, 6.07) is 12.3. The van der Waals surface area contributed by atoms with Gasteiger partial charge in [-0.1, -0.05) is 12.1 Å². The number of anilines is 2. The minimum atomic E-state index is 0. The smallest absolute Gasteiger partial charge is 0.223 e. The summed E-state index contributed by atoms with van der Waals surface area (Å²) in [6.07, 6.45) is 4.03. The molecule has 2 N–H and O–H groups in total. The van der Waals surface area contributed by atoms with E-state index in [0.29, 0.717) is 38.5 Å². The molecule has 0 radical (unpaired) electrons. The van der Waals surface area contributed by atoms with Gasteiger partial charge < -0.3 is 25.2 Å². The van der Waals surface area contributed by atoms with E-state index < -0.39 is 0 Å². The minimum absolute atomic E-state index is 0. The standard InChI is InChI=1S/C26H30N8O2.H2S/c27-7-1-2-24(35)34-13-11-33(12-14-34)20-5-3-19(4-6-20)22-16-23-25(30-9-8-29-23)26(32-22)31-18-21-17-28-10-15-36-21;/h3-6,8-9,16,21,28H,1-2,10-15,17-18H2,(H,31,32);1H2/t21-;/m0./s1. The van der Waals surface area contributed by atoms with Gasteiger partial charge in [-0.3, -0.25) is 9.78 Å². The van der Waals surface area contributed by atoms with E-state index in [1.807, 2.05) is 17.0 Å². The number of nitriles is 1. The van der Waals surface area contributed by atoms with E-state index in [2.05, 4.69) is 49.8 Å². The highest BCUT2D eigenvalue weighted by Crippen LogP contribution is 2.27. The molecule has 10 nitrogen and oxygen atoms in total. The van der Waals surface area contributed by atoms with E-state index in [1.54, 1.807) is 12.4 Å². The van der Waals surface area contributed by atoms with Crippen molar-refractivity contribution in [3.8, 4) is 17.3 Å². The van der Waals surface area contributed by atoms with Crippen molar-refractivity contribution in [2.45, 2.75) is 18.9 Å². The van der Waals surface area contributed by atoms with E-state index in [1.165, 1.54) is 0 Å². The first kappa shape index (κ1) is 26.6. The molecule has 0 bridgehead atoms. The molecule has 1 amide bonds. The maximum Gasteiger partial charge on any atom is 0.223 e. The summed E-state index contributed by atoms with van der Waals surface area (Å²) in [5, 5.41) is 15.5. The zero-order valence-corrected chi connectivity index (χ0v) is 21.7. The van der Waals surface area contributed by atoms with E-state index in [-0.39, 0.29) is 31.9 Å². The lowest BCUT2D eigenvalue weighted by Gasteiger charge is -2.36. The van der Waals surface area contributed by atoms with Gasteiger partial charge in [-0.15, -0.1) is 0 Å². The molecule has 37 heavy (non-hydrogen) atoms. The van der Waals surface area contributed by atoms with Crippen LogP contribution in [0.4, 0.5) is 11.5 Å². The second-order valence-corrected chi connectivity index (χ2v) is 8.93. The van der Waals surface area contributed by atoms with Crippen LogP contribution in [0.15, 0.2) is 42.7 Å².